The van der Waals surface area contributed by atoms with Gasteiger partial charge in [0.15, 0.2) is 0 Å². The van der Waals surface area contributed by atoms with Crippen LogP contribution in [0.2, 0.25) is 5.02 Å². The molecule has 4 nitrogen and oxygen atoms in total. The molecule has 21 heavy (non-hydrogen) atoms. The average molecular weight is 314 g/mol. The van der Waals surface area contributed by atoms with Gasteiger partial charge in [-0.25, -0.2) is 0 Å². The summed E-state index contributed by atoms with van der Waals surface area (Å²) >= 11 is 5.91. The van der Waals surface area contributed by atoms with Crippen LogP contribution in [-0.2, 0) is 4.74 Å². The minimum atomic E-state index is -0.516. The summed E-state index contributed by atoms with van der Waals surface area (Å²) in [7, 11) is 0. The molecule has 0 radical (unpaired) electrons. The number of benzene rings is 1. The van der Waals surface area contributed by atoms with Crippen LogP contribution in [0, 0.1) is 6.92 Å². The summed E-state index contributed by atoms with van der Waals surface area (Å²) in [6, 6.07) is 5.49. The van der Waals surface area contributed by atoms with Crippen molar-refractivity contribution in [3.63, 3.8) is 0 Å². The Labute approximate surface area is 131 Å². The molecule has 0 aromatic heterocycles. The van der Waals surface area contributed by atoms with Crippen LogP contribution < -0.4 is 4.74 Å². The molecule has 0 amide bonds. The van der Waals surface area contributed by atoms with E-state index >= 15 is 0 Å². The summed E-state index contributed by atoms with van der Waals surface area (Å²) in [6.07, 6.45) is -0.0988. The lowest BCUT2D eigenvalue weighted by Gasteiger charge is -2.36. The number of hydrogen-bond acceptors (Lipinski definition) is 4. The van der Waals surface area contributed by atoms with Crippen LogP contribution in [0.1, 0.15) is 19.4 Å². The molecule has 1 saturated heterocycles. The van der Waals surface area contributed by atoms with Gasteiger partial charge in [-0.05, 0) is 44.5 Å². The van der Waals surface area contributed by atoms with Gasteiger partial charge in [0, 0.05) is 24.7 Å². The molecule has 0 unspecified atom stereocenters. The van der Waals surface area contributed by atoms with Crippen molar-refractivity contribution in [2.45, 2.75) is 39.1 Å². The van der Waals surface area contributed by atoms with E-state index in [4.69, 9.17) is 21.1 Å². The topological polar surface area (TPSA) is 41.9 Å². The van der Waals surface area contributed by atoms with Crippen LogP contribution in [0.3, 0.4) is 0 Å². The number of halogens is 1. The van der Waals surface area contributed by atoms with Crippen molar-refractivity contribution in [1.29, 1.82) is 0 Å². The Hall–Kier alpha value is -0.810. The summed E-state index contributed by atoms with van der Waals surface area (Å²) in [5.74, 6) is 0.766. The number of rotatable bonds is 5. The zero-order valence-corrected chi connectivity index (χ0v) is 13.6. The molecule has 1 aliphatic heterocycles. The predicted molar refractivity (Wildman–Crippen MR) is 84.1 cm³/mol. The lowest BCUT2D eigenvalue weighted by Crippen LogP contribution is -2.48. The molecular formula is C16H24ClNO3. The van der Waals surface area contributed by atoms with Crippen LogP contribution >= 0.6 is 11.6 Å². The second-order valence-electron chi connectivity index (χ2n) is 5.85. The van der Waals surface area contributed by atoms with E-state index in [2.05, 4.69) is 18.7 Å². The van der Waals surface area contributed by atoms with E-state index in [0.717, 1.165) is 24.4 Å². The van der Waals surface area contributed by atoms with Crippen molar-refractivity contribution >= 4 is 11.6 Å². The minimum Gasteiger partial charge on any atom is -0.491 e. The molecular weight excluding hydrogens is 290 g/mol. The van der Waals surface area contributed by atoms with Gasteiger partial charge in [0.05, 0.1) is 12.2 Å². The van der Waals surface area contributed by atoms with Gasteiger partial charge in [-0.15, -0.1) is 0 Å². The number of morpholine rings is 1. The Kier molecular flexibility index (Phi) is 5.88. The lowest BCUT2D eigenvalue weighted by atomic mass is 10.2. The first-order chi connectivity index (χ1) is 9.94. The number of aliphatic hydroxyl groups excluding tert-OH is 1. The van der Waals surface area contributed by atoms with Crippen LogP contribution in [0.5, 0.6) is 5.75 Å². The second kappa shape index (κ2) is 7.45. The standard InChI is InChI=1S/C16H24ClNO3/c1-11-6-14(17)4-5-16(11)20-10-15(19)9-18-7-12(2)21-13(3)8-18/h4-6,12-13,15,19H,7-10H2,1-3H3/t12-,13+,15-/m1/s1. The van der Waals surface area contributed by atoms with E-state index in [1.165, 1.54) is 0 Å². The van der Waals surface area contributed by atoms with Crippen molar-refractivity contribution in [2.24, 2.45) is 0 Å². The Morgan fingerprint density at radius 2 is 2.05 bits per heavy atom. The van der Waals surface area contributed by atoms with Gasteiger partial charge in [0.25, 0.3) is 0 Å². The predicted octanol–water partition coefficient (Wildman–Crippen LogP) is 2.50. The van der Waals surface area contributed by atoms with E-state index < -0.39 is 6.10 Å². The average Bonchev–Trinajstić information content (AvgIpc) is 2.36. The fraction of sp³-hybridized carbons (Fsp3) is 0.625. The smallest absolute Gasteiger partial charge is 0.122 e. The van der Waals surface area contributed by atoms with Crippen LogP contribution in [0.15, 0.2) is 18.2 Å². The van der Waals surface area contributed by atoms with E-state index in [1.54, 1.807) is 6.07 Å². The molecule has 118 valence electrons. The minimum absolute atomic E-state index is 0.209. The Bertz CT molecular complexity index is 459. The number of hydrogen-bond donors (Lipinski definition) is 1. The van der Waals surface area contributed by atoms with E-state index in [9.17, 15) is 5.11 Å². The number of ether oxygens (including phenoxy) is 2. The van der Waals surface area contributed by atoms with Gasteiger partial charge in [0.2, 0.25) is 0 Å². The Morgan fingerprint density at radius 3 is 2.67 bits per heavy atom. The van der Waals surface area contributed by atoms with Crippen molar-refractivity contribution in [2.75, 3.05) is 26.2 Å². The number of aliphatic hydroxyl groups is 1. The normalized spacial score (nSPS) is 24.8. The van der Waals surface area contributed by atoms with Gasteiger partial charge < -0.3 is 14.6 Å². The third-order valence-corrected chi connectivity index (χ3v) is 3.77. The third kappa shape index (κ3) is 5.15. The fourth-order valence-corrected chi connectivity index (χ4v) is 2.97. The maximum atomic E-state index is 10.1. The molecule has 1 aliphatic rings. The highest BCUT2D eigenvalue weighted by atomic mass is 35.5. The molecule has 1 aromatic carbocycles. The van der Waals surface area contributed by atoms with Gasteiger partial charge in [-0.3, -0.25) is 4.90 Å². The molecule has 0 saturated carbocycles. The van der Waals surface area contributed by atoms with Gasteiger partial charge >= 0.3 is 0 Å². The molecule has 3 atom stereocenters. The SMILES string of the molecule is Cc1cc(Cl)ccc1OC[C@H](O)CN1C[C@@H](C)O[C@@H](C)C1. The monoisotopic (exact) mass is 313 g/mol. The first kappa shape index (κ1) is 16.6. The summed E-state index contributed by atoms with van der Waals surface area (Å²) in [4.78, 5) is 2.22. The van der Waals surface area contributed by atoms with E-state index in [1.807, 2.05) is 19.1 Å². The number of nitrogens with zero attached hydrogens (tertiary/aromatic N) is 1. The first-order valence-electron chi connectivity index (χ1n) is 7.39. The molecule has 2 rings (SSSR count). The first-order valence-corrected chi connectivity index (χ1v) is 7.76. The molecule has 0 spiro atoms. The van der Waals surface area contributed by atoms with Crippen molar-refractivity contribution < 1.29 is 14.6 Å². The van der Waals surface area contributed by atoms with Gasteiger partial charge in [-0.2, -0.15) is 0 Å². The number of aryl methyl sites for hydroxylation is 1. The summed E-state index contributed by atoms with van der Waals surface area (Å²) in [5.41, 5.74) is 0.975. The van der Waals surface area contributed by atoms with Gasteiger partial charge in [0.1, 0.15) is 18.5 Å². The highest BCUT2D eigenvalue weighted by Crippen LogP contribution is 2.22. The molecule has 0 bridgehead atoms. The maximum Gasteiger partial charge on any atom is 0.122 e. The lowest BCUT2D eigenvalue weighted by molar-refractivity contribution is -0.0786. The van der Waals surface area contributed by atoms with Crippen LogP contribution in [0.4, 0.5) is 0 Å². The molecule has 1 N–H and O–H groups in total. The van der Waals surface area contributed by atoms with Crippen molar-refractivity contribution in [3.05, 3.63) is 28.8 Å². The van der Waals surface area contributed by atoms with Gasteiger partial charge in [-0.1, -0.05) is 11.6 Å². The zero-order valence-electron chi connectivity index (χ0n) is 12.9. The van der Waals surface area contributed by atoms with Crippen LogP contribution in [-0.4, -0.2) is 54.6 Å². The highest BCUT2D eigenvalue weighted by Gasteiger charge is 2.23. The fourth-order valence-electron chi connectivity index (χ4n) is 2.74. The van der Waals surface area contributed by atoms with E-state index in [-0.39, 0.29) is 18.8 Å². The van der Waals surface area contributed by atoms with E-state index in [0.29, 0.717) is 11.6 Å². The zero-order chi connectivity index (χ0) is 15.4. The Balaban J connectivity index is 1.80. The quantitative estimate of drug-likeness (QED) is 0.907. The largest absolute Gasteiger partial charge is 0.491 e. The van der Waals surface area contributed by atoms with Crippen molar-refractivity contribution in [3.8, 4) is 5.75 Å². The molecule has 1 fully saturated rings. The second-order valence-corrected chi connectivity index (χ2v) is 6.29. The summed E-state index contributed by atoms with van der Waals surface area (Å²) in [6.45, 7) is 8.64. The molecule has 5 heteroatoms. The molecule has 1 heterocycles. The number of β-amino-alcohol motifs (C(OH)–C–C–N with tert-alkyl or cyclic N) is 1. The summed E-state index contributed by atoms with van der Waals surface area (Å²) in [5, 5.41) is 10.8. The third-order valence-electron chi connectivity index (χ3n) is 3.53. The highest BCUT2D eigenvalue weighted by molar-refractivity contribution is 6.30. The Morgan fingerprint density at radius 1 is 1.38 bits per heavy atom. The molecule has 0 aliphatic carbocycles. The van der Waals surface area contributed by atoms with Crippen molar-refractivity contribution in [1.82, 2.24) is 4.90 Å². The maximum absolute atomic E-state index is 10.1. The summed E-state index contributed by atoms with van der Waals surface area (Å²) < 4.78 is 11.4. The molecule has 1 aromatic rings. The van der Waals surface area contributed by atoms with Crippen LogP contribution in [0.25, 0.3) is 0 Å².